The van der Waals surface area contributed by atoms with Crippen molar-refractivity contribution in [1.82, 2.24) is 15.0 Å². The van der Waals surface area contributed by atoms with Crippen LogP contribution in [0.5, 0.6) is 5.75 Å². The maximum Gasteiger partial charge on any atom is 0.178 e. The van der Waals surface area contributed by atoms with Gasteiger partial charge in [0.2, 0.25) is 0 Å². The molecule has 3 aromatic rings. The third-order valence-corrected chi connectivity index (χ3v) is 4.53. The van der Waals surface area contributed by atoms with E-state index in [1.54, 1.807) is 18.3 Å². The molecule has 2 heterocycles. The van der Waals surface area contributed by atoms with Crippen molar-refractivity contribution in [1.29, 1.82) is 0 Å². The molecule has 1 aromatic carbocycles. The van der Waals surface area contributed by atoms with Gasteiger partial charge in [0.25, 0.3) is 0 Å². The van der Waals surface area contributed by atoms with E-state index >= 15 is 0 Å². The molecule has 3 rings (SSSR count). The minimum absolute atomic E-state index is 0.205. The molecule has 6 nitrogen and oxygen atoms in total. The molecule has 0 atom stereocenters. The van der Waals surface area contributed by atoms with E-state index in [4.69, 9.17) is 4.74 Å². The van der Waals surface area contributed by atoms with Gasteiger partial charge in [0.15, 0.2) is 15.7 Å². The summed E-state index contributed by atoms with van der Waals surface area (Å²) in [7, 11) is -3.27. The van der Waals surface area contributed by atoms with Gasteiger partial charge < -0.3 is 4.74 Å². The highest BCUT2D eigenvalue weighted by atomic mass is 32.2. The molecular weight excluding hydrogens is 338 g/mol. The molecule has 0 unspecified atom stereocenters. The van der Waals surface area contributed by atoms with Crippen molar-refractivity contribution in [2.75, 3.05) is 6.26 Å². The SMILES string of the molecule is Cc1cc(COc2cccc(S(C)(=O)=O)c2)nc(-c2ccccn2)n1. The number of nitrogens with zero attached hydrogens (tertiary/aromatic N) is 3. The van der Waals surface area contributed by atoms with Crippen LogP contribution in [0.2, 0.25) is 0 Å². The van der Waals surface area contributed by atoms with E-state index in [0.29, 0.717) is 23.0 Å². The zero-order valence-electron chi connectivity index (χ0n) is 13.9. The molecular formula is C18H17N3O3S. The standard InChI is InChI=1S/C18H17N3O3S/c1-13-10-14(21-18(20-13)17-8-3-4-9-19-17)12-24-15-6-5-7-16(11-15)25(2,22)23/h3-11H,12H2,1-2H3. The molecule has 0 amide bonds. The second kappa shape index (κ2) is 6.98. The van der Waals surface area contributed by atoms with E-state index in [1.165, 1.54) is 18.4 Å². The monoisotopic (exact) mass is 355 g/mol. The average molecular weight is 355 g/mol. The highest BCUT2D eigenvalue weighted by Gasteiger charge is 2.09. The predicted molar refractivity (Wildman–Crippen MR) is 93.9 cm³/mol. The summed E-state index contributed by atoms with van der Waals surface area (Å²) in [5.41, 5.74) is 2.18. The maximum atomic E-state index is 11.6. The minimum Gasteiger partial charge on any atom is -0.487 e. The number of rotatable bonds is 5. The molecule has 0 aliphatic rings. The third-order valence-electron chi connectivity index (χ3n) is 3.42. The second-order valence-corrected chi connectivity index (χ2v) is 7.59. The normalized spacial score (nSPS) is 11.3. The summed E-state index contributed by atoms with van der Waals surface area (Å²) >= 11 is 0. The van der Waals surface area contributed by atoms with E-state index in [1.807, 2.05) is 31.2 Å². The summed E-state index contributed by atoms with van der Waals surface area (Å²) in [5, 5.41) is 0. The zero-order chi connectivity index (χ0) is 17.9. The Bertz CT molecular complexity index is 989. The number of sulfone groups is 1. The van der Waals surface area contributed by atoms with Gasteiger partial charge in [0.1, 0.15) is 18.1 Å². The average Bonchev–Trinajstić information content (AvgIpc) is 2.60. The quantitative estimate of drug-likeness (QED) is 0.700. The van der Waals surface area contributed by atoms with E-state index in [-0.39, 0.29) is 11.5 Å². The molecule has 0 radical (unpaired) electrons. The minimum atomic E-state index is -3.27. The molecule has 25 heavy (non-hydrogen) atoms. The number of hydrogen-bond acceptors (Lipinski definition) is 6. The lowest BCUT2D eigenvalue weighted by Gasteiger charge is -2.09. The van der Waals surface area contributed by atoms with Gasteiger partial charge in [-0.3, -0.25) is 4.98 Å². The zero-order valence-corrected chi connectivity index (χ0v) is 14.7. The van der Waals surface area contributed by atoms with Gasteiger partial charge in [-0.1, -0.05) is 12.1 Å². The van der Waals surface area contributed by atoms with Crippen molar-refractivity contribution in [3.8, 4) is 17.3 Å². The van der Waals surface area contributed by atoms with Gasteiger partial charge in [0, 0.05) is 18.1 Å². The highest BCUT2D eigenvalue weighted by molar-refractivity contribution is 7.90. The maximum absolute atomic E-state index is 11.6. The molecule has 0 bridgehead atoms. The van der Waals surface area contributed by atoms with Gasteiger partial charge in [-0.15, -0.1) is 0 Å². The van der Waals surface area contributed by atoms with Crippen LogP contribution in [0, 0.1) is 6.92 Å². The van der Waals surface area contributed by atoms with Crippen LogP contribution in [0.25, 0.3) is 11.5 Å². The summed E-state index contributed by atoms with van der Waals surface area (Å²) in [6.45, 7) is 2.08. The molecule has 2 aromatic heterocycles. The van der Waals surface area contributed by atoms with Gasteiger partial charge in [0.05, 0.1) is 10.6 Å². The van der Waals surface area contributed by atoms with Crippen molar-refractivity contribution in [2.24, 2.45) is 0 Å². The Kier molecular flexibility index (Phi) is 4.76. The van der Waals surface area contributed by atoms with E-state index in [9.17, 15) is 8.42 Å². The van der Waals surface area contributed by atoms with E-state index in [0.717, 1.165) is 5.69 Å². The Hall–Kier alpha value is -2.80. The molecule has 128 valence electrons. The second-order valence-electron chi connectivity index (χ2n) is 5.57. The van der Waals surface area contributed by atoms with Crippen LogP contribution < -0.4 is 4.74 Å². The van der Waals surface area contributed by atoms with Gasteiger partial charge in [-0.25, -0.2) is 18.4 Å². The van der Waals surface area contributed by atoms with Gasteiger partial charge >= 0.3 is 0 Å². The largest absolute Gasteiger partial charge is 0.487 e. The first-order chi connectivity index (χ1) is 11.9. The number of hydrogen-bond donors (Lipinski definition) is 0. The molecule has 0 aliphatic heterocycles. The van der Waals surface area contributed by atoms with Crippen molar-refractivity contribution in [2.45, 2.75) is 18.4 Å². The molecule has 0 saturated carbocycles. The van der Waals surface area contributed by atoms with Crippen LogP contribution in [0.15, 0.2) is 59.6 Å². The number of pyridine rings is 1. The fourth-order valence-electron chi connectivity index (χ4n) is 2.27. The lowest BCUT2D eigenvalue weighted by atomic mass is 10.3. The predicted octanol–water partition coefficient (Wildman–Crippen LogP) is 2.83. The highest BCUT2D eigenvalue weighted by Crippen LogP contribution is 2.19. The smallest absolute Gasteiger partial charge is 0.178 e. The van der Waals surface area contributed by atoms with Crippen LogP contribution in [0.1, 0.15) is 11.4 Å². The van der Waals surface area contributed by atoms with Gasteiger partial charge in [-0.05, 0) is 43.3 Å². The van der Waals surface area contributed by atoms with Crippen molar-refractivity contribution in [3.63, 3.8) is 0 Å². The first-order valence-corrected chi connectivity index (χ1v) is 9.50. The van der Waals surface area contributed by atoms with Crippen molar-refractivity contribution >= 4 is 9.84 Å². The summed E-state index contributed by atoms with van der Waals surface area (Å²) in [4.78, 5) is 13.3. The van der Waals surface area contributed by atoms with E-state index in [2.05, 4.69) is 15.0 Å². The lowest BCUT2D eigenvalue weighted by molar-refractivity contribution is 0.300. The summed E-state index contributed by atoms with van der Waals surface area (Å²) in [6, 6.07) is 13.8. The lowest BCUT2D eigenvalue weighted by Crippen LogP contribution is -2.04. The summed E-state index contributed by atoms with van der Waals surface area (Å²) < 4.78 is 28.9. The van der Waals surface area contributed by atoms with Crippen molar-refractivity contribution < 1.29 is 13.2 Å². The molecule has 0 N–H and O–H groups in total. The molecule has 0 fully saturated rings. The van der Waals surface area contributed by atoms with Crippen LogP contribution >= 0.6 is 0 Å². The van der Waals surface area contributed by atoms with Crippen LogP contribution in [0.4, 0.5) is 0 Å². The Morgan fingerprint density at radius 3 is 2.60 bits per heavy atom. The molecule has 7 heteroatoms. The Labute approximate surface area is 146 Å². The number of aryl methyl sites for hydroxylation is 1. The fraction of sp³-hybridized carbons (Fsp3) is 0.167. The Balaban J connectivity index is 1.81. The summed E-state index contributed by atoms with van der Waals surface area (Å²) in [6.07, 6.45) is 2.85. The molecule has 0 spiro atoms. The Morgan fingerprint density at radius 2 is 1.88 bits per heavy atom. The van der Waals surface area contributed by atoms with Crippen molar-refractivity contribution in [3.05, 3.63) is 66.1 Å². The number of benzene rings is 1. The topological polar surface area (TPSA) is 82.0 Å². The van der Waals surface area contributed by atoms with Crippen LogP contribution in [-0.4, -0.2) is 29.6 Å². The third kappa shape index (κ3) is 4.39. The van der Waals surface area contributed by atoms with Gasteiger partial charge in [-0.2, -0.15) is 0 Å². The first-order valence-electron chi connectivity index (χ1n) is 7.61. The Morgan fingerprint density at radius 1 is 1.04 bits per heavy atom. The van der Waals surface area contributed by atoms with Crippen LogP contribution in [-0.2, 0) is 16.4 Å². The number of ether oxygens (including phenoxy) is 1. The fourth-order valence-corrected chi connectivity index (χ4v) is 2.93. The number of aromatic nitrogens is 3. The van der Waals surface area contributed by atoms with E-state index < -0.39 is 9.84 Å². The van der Waals surface area contributed by atoms with Crippen LogP contribution in [0.3, 0.4) is 0 Å². The molecule has 0 aliphatic carbocycles. The molecule has 0 saturated heterocycles. The summed E-state index contributed by atoms with van der Waals surface area (Å²) in [5.74, 6) is 1.00. The first kappa shape index (κ1) is 17.0.